The quantitative estimate of drug-likeness (QED) is 0.442. The van der Waals surface area contributed by atoms with Gasteiger partial charge in [-0.3, -0.25) is 0 Å². The molecular weight excluding hydrogens is 232 g/mol. The molecule has 1 atom stereocenters. The maximum atomic E-state index is 11.0. The molecule has 17 heavy (non-hydrogen) atoms. The van der Waals surface area contributed by atoms with Crippen molar-refractivity contribution in [1.82, 2.24) is 0 Å². The second-order valence-electron chi connectivity index (χ2n) is 3.92. The second kappa shape index (κ2) is 7.03. The van der Waals surface area contributed by atoms with E-state index in [1.165, 1.54) is 0 Å². The smallest absolute Gasteiger partial charge is 0.330 e. The molecule has 0 heterocycles. The molecular formula is C13H18O3Si. The molecule has 0 spiro atoms. The summed E-state index contributed by atoms with van der Waals surface area (Å²) in [5.41, 5.74) is 1.03. The summed E-state index contributed by atoms with van der Waals surface area (Å²) < 4.78 is 10.9. The molecule has 0 aromatic heterocycles. The monoisotopic (exact) mass is 250 g/mol. The lowest BCUT2D eigenvalue weighted by atomic mass is 10.1. The summed E-state index contributed by atoms with van der Waals surface area (Å²) in [5.74, 6) is -0.417. The SMILES string of the molecule is C=CC(=O)OCC(O[SiH](C)C)c1ccccc1. The van der Waals surface area contributed by atoms with Crippen molar-refractivity contribution in [1.29, 1.82) is 0 Å². The molecule has 3 nitrogen and oxygen atoms in total. The fourth-order valence-corrected chi connectivity index (χ4v) is 2.32. The number of hydrogen-bond acceptors (Lipinski definition) is 3. The lowest BCUT2D eigenvalue weighted by Crippen LogP contribution is -2.20. The van der Waals surface area contributed by atoms with E-state index in [0.29, 0.717) is 0 Å². The largest absolute Gasteiger partial charge is 0.459 e. The third kappa shape index (κ3) is 4.97. The predicted molar refractivity (Wildman–Crippen MR) is 70.3 cm³/mol. The summed E-state index contributed by atoms with van der Waals surface area (Å²) >= 11 is 0. The van der Waals surface area contributed by atoms with Crippen molar-refractivity contribution in [3.8, 4) is 0 Å². The topological polar surface area (TPSA) is 35.5 Å². The number of rotatable bonds is 6. The van der Waals surface area contributed by atoms with Gasteiger partial charge >= 0.3 is 5.97 Å². The Morgan fingerprint density at radius 3 is 2.59 bits per heavy atom. The van der Waals surface area contributed by atoms with Crippen molar-refractivity contribution >= 4 is 15.0 Å². The lowest BCUT2D eigenvalue weighted by Gasteiger charge is -2.20. The maximum absolute atomic E-state index is 11.0. The van der Waals surface area contributed by atoms with Crippen LogP contribution in [0.3, 0.4) is 0 Å². The van der Waals surface area contributed by atoms with Crippen LogP contribution in [-0.2, 0) is 14.0 Å². The minimum absolute atomic E-state index is 0.174. The van der Waals surface area contributed by atoms with Crippen LogP contribution in [0.4, 0.5) is 0 Å². The number of benzene rings is 1. The molecule has 0 saturated heterocycles. The van der Waals surface area contributed by atoms with Gasteiger partial charge in [-0.05, 0) is 18.7 Å². The van der Waals surface area contributed by atoms with E-state index in [9.17, 15) is 4.79 Å². The molecule has 0 aliphatic rings. The Balaban J connectivity index is 2.67. The van der Waals surface area contributed by atoms with Crippen molar-refractivity contribution in [2.75, 3.05) is 6.61 Å². The molecule has 4 heteroatoms. The van der Waals surface area contributed by atoms with Gasteiger partial charge in [0.15, 0.2) is 9.04 Å². The van der Waals surface area contributed by atoms with Crippen molar-refractivity contribution in [2.45, 2.75) is 19.2 Å². The number of hydrogen-bond donors (Lipinski definition) is 0. The number of carbonyl (C=O) groups is 1. The molecule has 1 aromatic carbocycles. The number of esters is 1. The van der Waals surface area contributed by atoms with Gasteiger partial charge in [0.25, 0.3) is 0 Å². The van der Waals surface area contributed by atoms with Crippen LogP contribution >= 0.6 is 0 Å². The van der Waals surface area contributed by atoms with Gasteiger partial charge in [0.1, 0.15) is 12.7 Å². The molecule has 1 rings (SSSR count). The minimum Gasteiger partial charge on any atom is -0.459 e. The summed E-state index contributed by atoms with van der Waals surface area (Å²) in [5, 5.41) is 0. The first kappa shape index (κ1) is 13.7. The highest BCUT2D eigenvalue weighted by atomic mass is 28.3. The molecule has 1 aromatic rings. The Bertz CT molecular complexity index is 362. The molecule has 92 valence electrons. The molecule has 0 radical (unpaired) electrons. The van der Waals surface area contributed by atoms with Crippen LogP contribution in [0.1, 0.15) is 11.7 Å². The Kier molecular flexibility index (Phi) is 5.66. The van der Waals surface area contributed by atoms with Crippen molar-refractivity contribution in [2.24, 2.45) is 0 Å². The van der Waals surface area contributed by atoms with Gasteiger partial charge in [-0.1, -0.05) is 36.9 Å². The van der Waals surface area contributed by atoms with Crippen LogP contribution in [0.25, 0.3) is 0 Å². The molecule has 0 amide bonds. The first-order chi connectivity index (χ1) is 8.13. The van der Waals surface area contributed by atoms with Crippen LogP contribution in [-0.4, -0.2) is 21.6 Å². The molecule has 0 saturated carbocycles. The summed E-state index contributed by atoms with van der Waals surface area (Å²) in [6.45, 7) is 7.78. The van der Waals surface area contributed by atoms with Crippen molar-refractivity contribution < 1.29 is 14.0 Å². The Morgan fingerprint density at radius 1 is 1.41 bits per heavy atom. The number of ether oxygens (including phenoxy) is 1. The van der Waals surface area contributed by atoms with Gasteiger partial charge in [-0.15, -0.1) is 0 Å². The van der Waals surface area contributed by atoms with Gasteiger partial charge in [0, 0.05) is 6.08 Å². The summed E-state index contributed by atoms with van der Waals surface area (Å²) in [6.07, 6.45) is 0.987. The second-order valence-corrected chi connectivity index (χ2v) is 6.29. The van der Waals surface area contributed by atoms with Gasteiger partial charge < -0.3 is 9.16 Å². The predicted octanol–water partition coefficient (Wildman–Crippen LogP) is 2.46. The molecule has 0 aliphatic carbocycles. The van der Waals surface area contributed by atoms with Crippen LogP contribution in [0, 0.1) is 0 Å². The summed E-state index contributed by atoms with van der Waals surface area (Å²) in [6, 6.07) is 9.79. The standard InChI is InChI=1S/C13H18O3Si/c1-4-13(14)15-10-12(16-17(2)3)11-8-6-5-7-9-11/h4-9,12,17H,1,10H2,2-3H3. The Hall–Kier alpha value is -1.39. The van der Waals surface area contributed by atoms with E-state index in [4.69, 9.17) is 9.16 Å². The van der Waals surface area contributed by atoms with Crippen LogP contribution in [0.5, 0.6) is 0 Å². The zero-order chi connectivity index (χ0) is 12.7. The molecule has 0 N–H and O–H groups in total. The third-order valence-corrected chi connectivity index (χ3v) is 3.02. The normalized spacial score (nSPS) is 12.2. The van der Waals surface area contributed by atoms with E-state index < -0.39 is 15.0 Å². The van der Waals surface area contributed by atoms with E-state index in [0.717, 1.165) is 11.6 Å². The zero-order valence-electron chi connectivity index (χ0n) is 10.3. The average Bonchev–Trinajstić information content (AvgIpc) is 2.34. The van der Waals surface area contributed by atoms with E-state index in [1.807, 2.05) is 30.3 Å². The van der Waals surface area contributed by atoms with E-state index in [2.05, 4.69) is 19.7 Å². The van der Waals surface area contributed by atoms with Gasteiger partial charge in [0.2, 0.25) is 0 Å². The zero-order valence-corrected chi connectivity index (χ0v) is 11.4. The first-order valence-electron chi connectivity index (χ1n) is 5.63. The Labute approximate surface area is 104 Å². The highest BCUT2D eigenvalue weighted by molar-refractivity contribution is 6.48. The van der Waals surface area contributed by atoms with Gasteiger partial charge in [-0.25, -0.2) is 4.79 Å². The molecule has 0 aliphatic heterocycles. The van der Waals surface area contributed by atoms with Crippen molar-refractivity contribution in [3.63, 3.8) is 0 Å². The first-order valence-corrected chi connectivity index (χ1v) is 8.41. The Morgan fingerprint density at radius 2 is 2.06 bits per heavy atom. The van der Waals surface area contributed by atoms with E-state index >= 15 is 0 Å². The van der Waals surface area contributed by atoms with Crippen molar-refractivity contribution in [3.05, 3.63) is 48.6 Å². The van der Waals surface area contributed by atoms with E-state index in [1.54, 1.807) is 0 Å². The van der Waals surface area contributed by atoms with Crippen LogP contribution < -0.4 is 0 Å². The lowest BCUT2D eigenvalue weighted by molar-refractivity contribution is -0.140. The van der Waals surface area contributed by atoms with Gasteiger partial charge in [0.05, 0.1) is 0 Å². The molecule has 0 bridgehead atoms. The van der Waals surface area contributed by atoms with Crippen LogP contribution in [0.2, 0.25) is 13.1 Å². The fraction of sp³-hybridized carbons (Fsp3) is 0.308. The number of carbonyl (C=O) groups excluding carboxylic acids is 1. The highest BCUT2D eigenvalue weighted by Crippen LogP contribution is 2.18. The van der Waals surface area contributed by atoms with Gasteiger partial charge in [-0.2, -0.15) is 0 Å². The average molecular weight is 250 g/mol. The summed E-state index contributed by atoms with van der Waals surface area (Å²) in [7, 11) is -1.19. The van der Waals surface area contributed by atoms with Crippen LogP contribution in [0.15, 0.2) is 43.0 Å². The third-order valence-electron chi connectivity index (χ3n) is 2.15. The highest BCUT2D eigenvalue weighted by Gasteiger charge is 2.15. The van der Waals surface area contributed by atoms with E-state index in [-0.39, 0.29) is 12.7 Å². The molecule has 0 fully saturated rings. The summed E-state index contributed by atoms with van der Waals surface area (Å²) in [4.78, 5) is 11.0. The maximum Gasteiger partial charge on any atom is 0.330 e. The minimum atomic E-state index is -1.19. The molecule has 1 unspecified atom stereocenters. The fourth-order valence-electron chi connectivity index (χ4n) is 1.43.